The molecule has 1 N–H and O–H groups in total. The number of carbonyl (C=O) groups is 1. The van der Waals surface area contributed by atoms with Crippen molar-refractivity contribution in [1.29, 1.82) is 0 Å². The molecular weight excluding hydrogens is 462 g/mol. The minimum atomic E-state index is -0.0938. The van der Waals surface area contributed by atoms with Gasteiger partial charge in [0.05, 0.1) is 10.9 Å². The van der Waals surface area contributed by atoms with E-state index in [1.807, 2.05) is 71.1 Å². The van der Waals surface area contributed by atoms with E-state index in [1.54, 1.807) is 16.7 Å². The molecule has 35 heavy (non-hydrogen) atoms. The highest BCUT2D eigenvalue weighted by atomic mass is 35.5. The van der Waals surface area contributed by atoms with Gasteiger partial charge < -0.3 is 5.32 Å². The first-order valence-electron chi connectivity index (χ1n) is 11.5. The molecule has 5 aromatic rings. The van der Waals surface area contributed by atoms with Crippen molar-refractivity contribution in [1.82, 2.24) is 24.5 Å². The zero-order chi connectivity index (χ0) is 24.2. The van der Waals surface area contributed by atoms with Gasteiger partial charge in [-0.05, 0) is 41.8 Å². The monoisotopic (exact) mass is 485 g/mol. The maximum atomic E-state index is 13.3. The van der Waals surface area contributed by atoms with Crippen LogP contribution >= 0.6 is 11.6 Å². The molecule has 0 radical (unpaired) electrons. The molecule has 176 valence electrons. The average Bonchev–Trinajstić information content (AvgIpc) is 3.31. The highest BCUT2D eigenvalue weighted by molar-refractivity contribution is 6.30. The predicted octanol–water partition coefficient (Wildman–Crippen LogP) is 4.19. The number of carbonyl (C=O) groups excluding carboxylic acids is 1. The van der Waals surface area contributed by atoms with Crippen LogP contribution in [0.4, 0.5) is 0 Å². The number of nitrogens with zero attached hydrogens (tertiary/aromatic N) is 4. The number of rotatable bonds is 8. The summed E-state index contributed by atoms with van der Waals surface area (Å²) >= 11 is 5.92. The van der Waals surface area contributed by atoms with Crippen molar-refractivity contribution in [2.75, 3.05) is 0 Å². The van der Waals surface area contributed by atoms with Crippen LogP contribution in [0, 0.1) is 0 Å². The van der Waals surface area contributed by atoms with Gasteiger partial charge in [0.1, 0.15) is 5.82 Å². The Morgan fingerprint density at radius 2 is 1.60 bits per heavy atom. The van der Waals surface area contributed by atoms with E-state index in [4.69, 9.17) is 11.6 Å². The molecule has 0 atom stereocenters. The van der Waals surface area contributed by atoms with E-state index in [2.05, 4.69) is 15.5 Å². The lowest BCUT2D eigenvalue weighted by Crippen LogP contribution is -2.25. The van der Waals surface area contributed by atoms with Gasteiger partial charge in [0.25, 0.3) is 5.56 Å². The van der Waals surface area contributed by atoms with Crippen molar-refractivity contribution in [3.8, 4) is 0 Å². The van der Waals surface area contributed by atoms with Gasteiger partial charge in [-0.2, -0.15) is 0 Å². The number of hydrogen-bond acceptors (Lipinski definition) is 4. The minimum absolute atomic E-state index is 0.0848. The summed E-state index contributed by atoms with van der Waals surface area (Å²) in [5.41, 5.74) is 2.76. The van der Waals surface area contributed by atoms with Gasteiger partial charge in [0.15, 0.2) is 0 Å². The molecule has 2 aromatic heterocycles. The molecule has 0 aliphatic carbocycles. The highest BCUT2D eigenvalue weighted by Crippen LogP contribution is 2.16. The van der Waals surface area contributed by atoms with Gasteiger partial charge in [-0.1, -0.05) is 66.2 Å². The Labute approximate surface area is 207 Å². The first-order valence-corrected chi connectivity index (χ1v) is 11.9. The summed E-state index contributed by atoms with van der Waals surface area (Å²) in [6.45, 7) is 0.912. The van der Waals surface area contributed by atoms with Crippen molar-refractivity contribution in [2.45, 2.75) is 32.4 Å². The number of benzene rings is 3. The lowest BCUT2D eigenvalue weighted by molar-refractivity contribution is -0.121. The Morgan fingerprint density at radius 3 is 2.40 bits per heavy atom. The Balaban J connectivity index is 1.39. The van der Waals surface area contributed by atoms with E-state index < -0.39 is 0 Å². The first kappa shape index (κ1) is 22.8. The quantitative estimate of drug-likeness (QED) is 0.357. The maximum absolute atomic E-state index is 13.3. The second kappa shape index (κ2) is 10.1. The van der Waals surface area contributed by atoms with Crippen LogP contribution in [0.2, 0.25) is 5.02 Å². The topological polar surface area (TPSA) is 81.3 Å². The molecule has 8 heteroatoms. The number of aryl methyl sites for hydroxylation is 3. The maximum Gasteiger partial charge on any atom is 0.262 e. The molecule has 0 saturated heterocycles. The Hall–Kier alpha value is -3.97. The summed E-state index contributed by atoms with van der Waals surface area (Å²) in [6, 6.07) is 24.8. The van der Waals surface area contributed by atoms with Crippen LogP contribution < -0.4 is 10.9 Å². The molecule has 2 heterocycles. The van der Waals surface area contributed by atoms with Crippen molar-refractivity contribution < 1.29 is 4.79 Å². The highest BCUT2D eigenvalue weighted by Gasteiger charge is 2.17. The summed E-state index contributed by atoms with van der Waals surface area (Å²) in [4.78, 5) is 25.8. The predicted molar refractivity (Wildman–Crippen MR) is 137 cm³/mol. The Morgan fingerprint density at radius 1 is 0.857 bits per heavy atom. The van der Waals surface area contributed by atoms with E-state index in [9.17, 15) is 9.59 Å². The van der Waals surface area contributed by atoms with Crippen molar-refractivity contribution in [3.05, 3.63) is 111 Å². The van der Waals surface area contributed by atoms with Crippen LogP contribution in [0.1, 0.15) is 23.4 Å². The zero-order valence-corrected chi connectivity index (χ0v) is 19.8. The second-order valence-corrected chi connectivity index (χ2v) is 8.80. The number of aromatic nitrogens is 4. The fourth-order valence-corrected chi connectivity index (χ4v) is 4.31. The summed E-state index contributed by atoms with van der Waals surface area (Å²) < 4.78 is 3.57. The molecule has 0 bridgehead atoms. The molecule has 0 aliphatic rings. The fourth-order valence-electron chi connectivity index (χ4n) is 4.18. The normalized spacial score (nSPS) is 11.2. The lowest BCUT2D eigenvalue weighted by Gasteiger charge is -2.11. The number of fused-ring (bicyclic) bond motifs is 3. The van der Waals surface area contributed by atoms with Gasteiger partial charge in [-0.15, -0.1) is 10.2 Å². The van der Waals surface area contributed by atoms with Gasteiger partial charge >= 0.3 is 0 Å². The van der Waals surface area contributed by atoms with Crippen LogP contribution in [-0.2, 0) is 30.7 Å². The molecule has 0 saturated carbocycles. The molecular formula is C27H24ClN5O2. The van der Waals surface area contributed by atoms with Crippen molar-refractivity contribution in [3.63, 3.8) is 0 Å². The third-order valence-electron chi connectivity index (χ3n) is 6.02. The average molecular weight is 486 g/mol. The third-order valence-corrected chi connectivity index (χ3v) is 6.27. The molecule has 5 rings (SSSR count). The summed E-state index contributed by atoms with van der Waals surface area (Å²) in [5.74, 6) is 1.05. The number of halogens is 1. The first-order chi connectivity index (χ1) is 17.1. The molecule has 0 fully saturated rings. The van der Waals surface area contributed by atoms with Crippen LogP contribution in [0.5, 0.6) is 0 Å². The molecule has 0 spiro atoms. The third kappa shape index (κ3) is 4.95. The summed E-state index contributed by atoms with van der Waals surface area (Å²) in [5, 5.41) is 12.9. The second-order valence-electron chi connectivity index (χ2n) is 8.36. The molecule has 1 amide bonds. The largest absolute Gasteiger partial charge is 0.352 e. The lowest BCUT2D eigenvalue weighted by atomic mass is 10.1. The van der Waals surface area contributed by atoms with Gasteiger partial charge in [-0.25, -0.2) is 0 Å². The number of hydrogen-bond donors (Lipinski definition) is 1. The van der Waals surface area contributed by atoms with E-state index in [0.29, 0.717) is 47.9 Å². The zero-order valence-electron chi connectivity index (χ0n) is 19.0. The molecule has 7 nitrogen and oxygen atoms in total. The summed E-state index contributed by atoms with van der Waals surface area (Å²) in [6.07, 6.45) is 1.35. The molecule has 3 aromatic carbocycles. The SMILES string of the molecule is O=C(CCc1nnc2n(CCc3ccccc3)c(=O)c3ccccc3n12)NCc1ccc(Cl)cc1. The van der Waals surface area contributed by atoms with Gasteiger partial charge in [-0.3, -0.25) is 18.6 Å². The van der Waals surface area contributed by atoms with E-state index in [0.717, 1.165) is 16.6 Å². The van der Waals surface area contributed by atoms with E-state index in [1.165, 1.54) is 0 Å². The van der Waals surface area contributed by atoms with Crippen LogP contribution in [0.25, 0.3) is 16.7 Å². The summed E-state index contributed by atoms with van der Waals surface area (Å²) in [7, 11) is 0. The van der Waals surface area contributed by atoms with Crippen LogP contribution in [0.15, 0.2) is 83.7 Å². The van der Waals surface area contributed by atoms with Crippen LogP contribution in [-0.4, -0.2) is 25.1 Å². The van der Waals surface area contributed by atoms with Crippen LogP contribution in [0.3, 0.4) is 0 Å². The standard InChI is InChI=1S/C27H24ClN5O2/c28-21-12-10-20(11-13-21)18-29-25(34)15-14-24-30-31-27-32(17-16-19-6-2-1-3-7-19)26(35)22-8-4-5-9-23(22)33(24)27/h1-13H,14-18H2,(H,29,34). The van der Waals surface area contributed by atoms with Crippen molar-refractivity contribution >= 4 is 34.2 Å². The Bertz CT molecular complexity index is 1540. The minimum Gasteiger partial charge on any atom is -0.352 e. The smallest absolute Gasteiger partial charge is 0.262 e. The number of para-hydroxylation sites is 1. The van der Waals surface area contributed by atoms with Crippen molar-refractivity contribution in [2.24, 2.45) is 0 Å². The Kier molecular flexibility index (Phi) is 6.59. The molecule has 0 aliphatic heterocycles. The van der Waals surface area contributed by atoms with E-state index >= 15 is 0 Å². The van der Waals surface area contributed by atoms with E-state index in [-0.39, 0.29) is 17.9 Å². The van der Waals surface area contributed by atoms with Gasteiger partial charge in [0.2, 0.25) is 11.7 Å². The number of amides is 1. The number of nitrogens with one attached hydrogen (secondary N) is 1. The molecule has 0 unspecified atom stereocenters. The van der Waals surface area contributed by atoms with Gasteiger partial charge in [0, 0.05) is 31.0 Å². The fraction of sp³-hybridized carbons (Fsp3) is 0.185.